The van der Waals surface area contributed by atoms with E-state index in [1.807, 2.05) is 0 Å². The minimum absolute atomic E-state index is 0.375. The first-order valence-electron chi connectivity index (χ1n) is 5.35. The van der Waals surface area contributed by atoms with Gasteiger partial charge in [-0.15, -0.1) is 0 Å². The summed E-state index contributed by atoms with van der Waals surface area (Å²) in [6.07, 6.45) is 8.49. The molecule has 1 rings (SSSR count). The predicted octanol–water partition coefficient (Wildman–Crippen LogP) is 3.16. The first-order chi connectivity index (χ1) is 6.54. The Kier molecular flexibility index (Phi) is 3.70. The number of nitrogens with zero attached hydrogens (tertiary/aromatic N) is 1. The second-order valence-electron chi connectivity index (χ2n) is 4.40. The van der Waals surface area contributed by atoms with Crippen LogP contribution in [0.5, 0.6) is 0 Å². The second-order valence-corrected chi connectivity index (χ2v) is 4.40. The quantitative estimate of drug-likeness (QED) is 0.662. The van der Waals surface area contributed by atoms with Crippen molar-refractivity contribution in [2.24, 2.45) is 0 Å². The summed E-state index contributed by atoms with van der Waals surface area (Å²) in [4.78, 5) is 2.47. The molecular formula is C13H21N. The number of hydrogen-bond acceptors (Lipinski definition) is 1. The van der Waals surface area contributed by atoms with Gasteiger partial charge in [-0.05, 0) is 33.3 Å². The van der Waals surface area contributed by atoms with E-state index in [1.54, 1.807) is 0 Å². The van der Waals surface area contributed by atoms with Gasteiger partial charge in [-0.1, -0.05) is 30.9 Å². The van der Waals surface area contributed by atoms with Gasteiger partial charge in [-0.25, -0.2) is 0 Å². The molecule has 0 saturated carbocycles. The van der Waals surface area contributed by atoms with Crippen molar-refractivity contribution < 1.29 is 0 Å². The Bertz CT molecular complexity index is 250. The van der Waals surface area contributed by atoms with Crippen molar-refractivity contribution in [1.82, 2.24) is 4.90 Å². The summed E-state index contributed by atoms with van der Waals surface area (Å²) < 4.78 is 0. The monoisotopic (exact) mass is 191 g/mol. The van der Waals surface area contributed by atoms with Crippen LogP contribution < -0.4 is 0 Å². The van der Waals surface area contributed by atoms with E-state index < -0.39 is 0 Å². The van der Waals surface area contributed by atoms with E-state index in [0.29, 0.717) is 18.1 Å². The smallest absolute Gasteiger partial charge is 0.0533 e. The molecular weight excluding hydrogens is 170 g/mol. The molecule has 0 aromatic carbocycles. The molecule has 0 aromatic heterocycles. The molecule has 0 bridgehead atoms. The van der Waals surface area contributed by atoms with Crippen LogP contribution in [0.3, 0.4) is 0 Å². The van der Waals surface area contributed by atoms with Crippen LogP contribution in [0.15, 0.2) is 36.5 Å². The van der Waals surface area contributed by atoms with E-state index in [9.17, 15) is 0 Å². The lowest BCUT2D eigenvalue weighted by Gasteiger charge is -2.37. The highest BCUT2D eigenvalue weighted by Crippen LogP contribution is 2.21. The lowest BCUT2D eigenvalue weighted by Crippen LogP contribution is -2.45. The number of hydrogen-bond donors (Lipinski definition) is 0. The molecule has 1 atom stereocenters. The summed E-state index contributed by atoms with van der Waals surface area (Å²) in [6, 6.07) is 1.47. The van der Waals surface area contributed by atoms with E-state index >= 15 is 0 Å². The lowest BCUT2D eigenvalue weighted by molar-refractivity contribution is 0.157. The van der Waals surface area contributed by atoms with Crippen LogP contribution in [0.1, 0.15) is 27.7 Å². The molecule has 0 spiro atoms. The zero-order valence-electron chi connectivity index (χ0n) is 9.70. The van der Waals surface area contributed by atoms with E-state index in [0.717, 1.165) is 0 Å². The minimum Gasteiger partial charge on any atom is -0.288 e. The number of rotatable bonds is 3. The Hall–Kier alpha value is -0.820. The van der Waals surface area contributed by atoms with Crippen LogP contribution in [-0.2, 0) is 0 Å². The van der Waals surface area contributed by atoms with Crippen molar-refractivity contribution in [2.45, 2.75) is 45.8 Å². The van der Waals surface area contributed by atoms with Gasteiger partial charge >= 0.3 is 0 Å². The lowest BCUT2D eigenvalue weighted by atomic mass is 9.99. The fraction of sp³-hybridized carbons (Fsp3) is 0.538. The Labute approximate surface area is 87.8 Å². The predicted molar refractivity (Wildman–Crippen MR) is 63.3 cm³/mol. The van der Waals surface area contributed by atoms with Crippen molar-refractivity contribution in [1.29, 1.82) is 0 Å². The van der Waals surface area contributed by atoms with Crippen LogP contribution in [0, 0.1) is 0 Å². The molecule has 0 radical (unpaired) electrons. The third kappa shape index (κ3) is 2.36. The summed E-state index contributed by atoms with van der Waals surface area (Å²) in [6.45, 7) is 13.0. The average molecular weight is 191 g/mol. The molecule has 0 saturated heterocycles. The minimum atomic E-state index is 0.375. The van der Waals surface area contributed by atoms with Crippen LogP contribution in [0.25, 0.3) is 0 Å². The number of allylic oxidation sites excluding steroid dienone is 2. The molecule has 1 heteroatoms. The summed E-state index contributed by atoms with van der Waals surface area (Å²) >= 11 is 0. The zero-order chi connectivity index (χ0) is 10.7. The Morgan fingerprint density at radius 1 is 1.14 bits per heavy atom. The molecule has 1 aliphatic rings. The third-order valence-electron chi connectivity index (χ3n) is 2.61. The van der Waals surface area contributed by atoms with Gasteiger partial charge in [-0.3, -0.25) is 4.90 Å². The fourth-order valence-electron chi connectivity index (χ4n) is 2.10. The molecule has 78 valence electrons. The molecule has 0 N–H and O–H groups in total. The summed E-state index contributed by atoms with van der Waals surface area (Å²) in [5.41, 5.74) is 1.19. The van der Waals surface area contributed by atoms with Crippen LogP contribution in [0.4, 0.5) is 0 Å². The van der Waals surface area contributed by atoms with E-state index in [-0.39, 0.29) is 0 Å². The maximum absolute atomic E-state index is 4.10. The highest BCUT2D eigenvalue weighted by Gasteiger charge is 2.23. The van der Waals surface area contributed by atoms with Crippen molar-refractivity contribution in [2.75, 3.05) is 0 Å². The molecule has 0 aromatic rings. The zero-order valence-corrected chi connectivity index (χ0v) is 9.70. The second kappa shape index (κ2) is 4.61. The van der Waals surface area contributed by atoms with E-state index in [4.69, 9.17) is 0 Å². The maximum Gasteiger partial charge on any atom is 0.0533 e. The summed E-state index contributed by atoms with van der Waals surface area (Å²) in [5, 5.41) is 0. The van der Waals surface area contributed by atoms with Crippen molar-refractivity contribution in [3.63, 3.8) is 0 Å². The van der Waals surface area contributed by atoms with Crippen molar-refractivity contribution in [3.05, 3.63) is 36.5 Å². The molecule has 0 heterocycles. The first-order valence-corrected chi connectivity index (χ1v) is 5.35. The normalized spacial score (nSPS) is 21.6. The average Bonchev–Trinajstić information content (AvgIpc) is 2.07. The Morgan fingerprint density at radius 2 is 1.71 bits per heavy atom. The SMILES string of the molecule is C=C1C=CC=CC1N(C(C)C)C(C)C. The van der Waals surface area contributed by atoms with E-state index in [2.05, 4.69) is 63.5 Å². The molecule has 0 fully saturated rings. The van der Waals surface area contributed by atoms with Gasteiger partial charge in [0.2, 0.25) is 0 Å². The van der Waals surface area contributed by atoms with Crippen LogP contribution >= 0.6 is 0 Å². The maximum atomic E-state index is 4.10. The van der Waals surface area contributed by atoms with Crippen molar-refractivity contribution in [3.8, 4) is 0 Å². The third-order valence-corrected chi connectivity index (χ3v) is 2.61. The Balaban J connectivity index is 2.83. The van der Waals surface area contributed by atoms with Gasteiger partial charge in [0, 0.05) is 12.1 Å². The van der Waals surface area contributed by atoms with Gasteiger partial charge in [0.05, 0.1) is 6.04 Å². The van der Waals surface area contributed by atoms with E-state index in [1.165, 1.54) is 5.57 Å². The Morgan fingerprint density at radius 3 is 2.14 bits per heavy atom. The molecule has 0 amide bonds. The largest absolute Gasteiger partial charge is 0.288 e. The van der Waals surface area contributed by atoms with Gasteiger partial charge in [0.1, 0.15) is 0 Å². The molecule has 14 heavy (non-hydrogen) atoms. The highest BCUT2D eigenvalue weighted by molar-refractivity contribution is 5.34. The first kappa shape index (κ1) is 11.3. The fourth-order valence-corrected chi connectivity index (χ4v) is 2.10. The molecule has 0 aliphatic heterocycles. The topological polar surface area (TPSA) is 3.24 Å². The highest BCUT2D eigenvalue weighted by atomic mass is 15.2. The summed E-state index contributed by atoms with van der Waals surface area (Å²) in [5.74, 6) is 0. The van der Waals surface area contributed by atoms with Crippen LogP contribution in [0.2, 0.25) is 0 Å². The van der Waals surface area contributed by atoms with Gasteiger partial charge < -0.3 is 0 Å². The van der Waals surface area contributed by atoms with Gasteiger partial charge in [-0.2, -0.15) is 0 Å². The van der Waals surface area contributed by atoms with Crippen molar-refractivity contribution >= 4 is 0 Å². The molecule has 1 unspecified atom stereocenters. The molecule has 1 aliphatic carbocycles. The summed E-state index contributed by atoms with van der Waals surface area (Å²) in [7, 11) is 0. The standard InChI is InChI=1S/C13H21N/c1-10(2)14(11(3)4)13-9-7-6-8-12(13)5/h6-11,13H,5H2,1-4H3. The van der Waals surface area contributed by atoms with Gasteiger partial charge in [0.15, 0.2) is 0 Å². The molecule has 1 nitrogen and oxygen atoms in total. The van der Waals surface area contributed by atoms with Crippen LogP contribution in [-0.4, -0.2) is 23.0 Å². The van der Waals surface area contributed by atoms with Gasteiger partial charge in [0.25, 0.3) is 0 Å².